The molecule has 1 aliphatic rings. The lowest BCUT2D eigenvalue weighted by molar-refractivity contribution is -0.138. The van der Waals surface area contributed by atoms with Crippen molar-refractivity contribution in [3.05, 3.63) is 29.6 Å². The lowest BCUT2D eigenvalue weighted by Gasteiger charge is -2.26. The third-order valence-corrected chi connectivity index (χ3v) is 3.83. The predicted octanol–water partition coefficient (Wildman–Crippen LogP) is 1.06. The Morgan fingerprint density at radius 1 is 1.43 bits per heavy atom. The second kappa shape index (κ2) is 7.21. The number of carbonyl (C=O) groups excluding carboxylic acids is 3. The highest BCUT2D eigenvalue weighted by atomic mass is 19.1. The molecule has 0 aliphatic carbocycles. The average Bonchev–Trinajstić information content (AvgIpc) is 2.51. The van der Waals surface area contributed by atoms with E-state index < -0.39 is 11.7 Å². The smallest absolute Gasteiger partial charge is 0.243 e. The molecule has 1 heterocycles. The highest BCUT2D eigenvalue weighted by molar-refractivity contribution is 5.95. The molecule has 1 aromatic carbocycles. The summed E-state index contributed by atoms with van der Waals surface area (Å²) in [4.78, 5) is 36.6. The summed E-state index contributed by atoms with van der Waals surface area (Å²) >= 11 is 0. The molecule has 1 aliphatic heterocycles. The van der Waals surface area contributed by atoms with Crippen molar-refractivity contribution in [1.29, 1.82) is 0 Å². The summed E-state index contributed by atoms with van der Waals surface area (Å²) in [5.41, 5.74) is 0.846. The lowest BCUT2D eigenvalue weighted by atomic mass is 9.98. The maximum Gasteiger partial charge on any atom is 0.243 e. The number of benzene rings is 1. The molecule has 1 unspecified atom stereocenters. The Morgan fingerprint density at radius 3 is 2.78 bits per heavy atom. The number of anilines is 1. The fourth-order valence-corrected chi connectivity index (χ4v) is 2.42. The maximum absolute atomic E-state index is 13.4. The van der Waals surface area contributed by atoms with Crippen LogP contribution in [0.25, 0.3) is 0 Å². The topological polar surface area (TPSA) is 78.5 Å². The summed E-state index contributed by atoms with van der Waals surface area (Å²) in [6.45, 7) is 1.81. The SMILES string of the molecule is Cc1ccc(NC(=O)CN(C)C(=O)C2CCC(=O)NC2)cc1F. The van der Waals surface area contributed by atoms with Gasteiger partial charge >= 0.3 is 0 Å². The van der Waals surface area contributed by atoms with E-state index in [4.69, 9.17) is 0 Å². The van der Waals surface area contributed by atoms with E-state index in [9.17, 15) is 18.8 Å². The number of hydrogen-bond acceptors (Lipinski definition) is 3. The molecular weight excluding hydrogens is 301 g/mol. The van der Waals surface area contributed by atoms with Crippen LogP contribution in [0.2, 0.25) is 0 Å². The van der Waals surface area contributed by atoms with Gasteiger partial charge in [-0.15, -0.1) is 0 Å². The van der Waals surface area contributed by atoms with Crippen LogP contribution in [0.3, 0.4) is 0 Å². The van der Waals surface area contributed by atoms with Crippen LogP contribution in [0.5, 0.6) is 0 Å². The molecule has 1 saturated heterocycles. The van der Waals surface area contributed by atoms with Gasteiger partial charge in [-0.3, -0.25) is 14.4 Å². The van der Waals surface area contributed by atoms with Gasteiger partial charge in [0.1, 0.15) is 5.82 Å². The number of nitrogens with zero attached hydrogens (tertiary/aromatic N) is 1. The number of amides is 3. The quantitative estimate of drug-likeness (QED) is 0.870. The second-order valence-corrected chi connectivity index (χ2v) is 5.75. The number of hydrogen-bond donors (Lipinski definition) is 2. The van der Waals surface area contributed by atoms with Crippen molar-refractivity contribution < 1.29 is 18.8 Å². The van der Waals surface area contributed by atoms with Gasteiger partial charge in [-0.1, -0.05) is 6.07 Å². The van der Waals surface area contributed by atoms with E-state index in [1.165, 1.54) is 18.0 Å². The van der Waals surface area contributed by atoms with Crippen molar-refractivity contribution >= 4 is 23.4 Å². The second-order valence-electron chi connectivity index (χ2n) is 5.75. The van der Waals surface area contributed by atoms with E-state index >= 15 is 0 Å². The van der Waals surface area contributed by atoms with Gasteiger partial charge in [-0.25, -0.2) is 4.39 Å². The summed E-state index contributed by atoms with van der Waals surface area (Å²) in [5, 5.41) is 5.21. The summed E-state index contributed by atoms with van der Waals surface area (Å²) in [6.07, 6.45) is 0.804. The Balaban J connectivity index is 1.87. The van der Waals surface area contributed by atoms with Crippen LogP contribution in [0.1, 0.15) is 18.4 Å². The minimum atomic E-state index is -0.399. The largest absolute Gasteiger partial charge is 0.355 e. The molecule has 1 atom stereocenters. The van der Waals surface area contributed by atoms with Gasteiger partial charge in [0, 0.05) is 25.7 Å². The summed E-state index contributed by atoms with van der Waals surface area (Å²) in [5.74, 6) is -1.34. The molecular formula is C16H20FN3O3. The molecule has 23 heavy (non-hydrogen) atoms. The molecule has 0 spiro atoms. The molecule has 1 fully saturated rings. The molecule has 124 valence electrons. The Hall–Kier alpha value is -2.44. The van der Waals surface area contributed by atoms with Gasteiger partial charge < -0.3 is 15.5 Å². The van der Waals surface area contributed by atoms with Gasteiger partial charge in [0.2, 0.25) is 17.7 Å². The Bertz CT molecular complexity index is 623. The third kappa shape index (κ3) is 4.51. The molecule has 0 saturated carbocycles. The first-order valence-corrected chi connectivity index (χ1v) is 7.44. The van der Waals surface area contributed by atoms with Crippen LogP contribution >= 0.6 is 0 Å². The number of aryl methyl sites for hydroxylation is 1. The normalized spacial score (nSPS) is 17.3. The first kappa shape index (κ1) is 16.9. The van der Waals surface area contributed by atoms with E-state index in [0.717, 1.165) is 0 Å². The van der Waals surface area contributed by atoms with Crippen LogP contribution in [0.4, 0.5) is 10.1 Å². The van der Waals surface area contributed by atoms with E-state index in [0.29, 0.717) is 30.6 Å². The van der Waals surface area contributed by atoms with Crippen molar-refractivity contribution in [3.63, 3.8) is 0 Å². The summed E-state index contributed by atoms with van der Waals surface area (Å²) in [6, 6.07) is 4.42. The molecule has 1 aromatic rings. The minimum Gasteiger partial charge on any atom is -0.355 e. The monoisotopic (exact) mass is 321 g/mol. The van der Waals surface area contributed by atoms with E-state index in [-0.39, 0.29) is 24.3 Å². The molecule has 7 heteroatoms. The third-order valence-electron chi connectivity index (χ3n) is 3.83. The van der Waals surface area contributed by atoms with Gasteiger partial charge in [-0.05, 0) is 31.0 Å². The first-order valence-electron chi connectivity index (χ1n) is 7.44. The first-order chi connectivity index (χ1) is 10.9. The molecule has 3 amide bonds. The van der Waals surface area contributed by atoms with Crippen molar-refractivity contribution in [2.45, 2.75) is 19.8 Å². The zero-order valence-electron chi connectivity index (χ0n) is 13.2. The van der Waals surface area contributed by atoms with E-state index in [1.54, 1.807) is 19.1 Å². The van der Waals surface area contributed by atoms with Crippen LogP contribution in [0, 0.1) is 18.7 Å². The molecule has 0 radical (unpaired) electrons. The van der Waals surface area contributed by atoms with Gasteiger partial charge in [0.05, 0.1) is 12.5 Å². The van der Waals surface area contributed by atoms with Gasteiger partial charge in [0.15, 0.2) is 0 Å². The van der Waals surface area contributed by atoms with Crippen molar-refractivity contribution in [2.24, 2.45) is 5.92 Å². The molecule has 2 N–H and O–H groups in total. The highest BCUT2D eigenvalue weighted by Crippen LogP contribution is 2.15. The van der Waals surface area contributed by atoms with Gasteiger partial charge in [-0.2, -0.15) is 0 Å². The Morgan fingerprint density at radius 2 is 2.17 bits per heavy atom. The molecule has 2 rings (SSSR count). The van der Waals surface area contributed by atoms with Crippen LogP contribution in [0.15, 0.2) is 18.2 Å². The standard InChI is InChI=1S/C16H20FN3O3/c1-10-3-5-12(7-13(10)17)19-15(22)9-20(2)16(23)11-4-6-14(21)18-8-11/h3,5,7,11H,4,6,8-9H2,1-2H3,(H,18,21)(H,19,22). The lowest BCUT2D eigenvalue weighted by Crippen LogP contribution is -2.45. The molecule has 6 nitrogen and oxygen atoms in total. The molecule has 0 aromatic heterocycles. The minimum absolute atomic E-state index is 0.0594. The van der Waals surface area contributed by atoms with E-state index in [1.807, 2.05) is 0 Å². The summed E-state index contributed by atoms with van der Waals surface area (Å²) in [7, 11) is 1.54. The van der Waals surface area contributed by atoms with Crippen molar-refractivity contribution in [3.8, 4) is 0 Å². The Kier molecular flexibility index (Phi) is 5.31. The summed E-state index contributed by atoms with van der Waals surface area (Å²) < 4.78 is 13.4. The van der Waals surface area contributed by atoms with E-state index in [2.05, 4.69) is 10.6 Å². The van der Waals surface area contributed by atoms with Crippen molar-refractivity contribution in [2.75, 3.05) is 25.5 Å². The van der Waals surface area contributed by atoms with Crippen LogP contribution in [-0.2, 0) is 14.4 Å². The van der Waals surface area contributed by atoms with Crippen LogP contribution in [-0.4, -0.2) is 42.8 Å². The number of halogens is 1. The molecule has 0 bridgehead atoms. The van der Waals surface area contributed by atoms with Gasteiger partial charge in [0.25, 0.3) is 0 Å². The number of rotatable bonds is 4. The zero-order valence-corrected chi connectivity index (χ0v) is 13.2. The average molecular weight is 321 g/mol. The predicted molar refractivity (Wildman–Crippen MR) is 83.1 cm³/mol. The number of nitrogens with one attached hydrogen (secondary N) is 2. The Labute approximate surface area is 134 Å². The fourth-order valence-electron chi connectivity index (χ4n) is 2.42. The fraction of sp³-hybridized carbons (Fsp3) is 0.438. The highest BCUT2D eigenvalue weighted by Gasteiger charge is 2.27. The zero-order chi connectivity index (χ0) is 17.0. The maximum atomic E-state index is 13.4. The van der Waals surface area contributed by atoms with Crippen molar-refractivity contribution in [1.82, 2.24) is 10.2 Å². The number of likely N-dealkylation sites (N-methyl/N-ethyl adjacent to an activating group) is 1. The van der Waals surface area contributed by atoms with Crippen LogP contribution < -0.4 is 10.6 Å². The number of piperidine rings is 1. The number of carbonyl (C=O) groups is 3.